The Morgan fingerprint density at radius 1 is 1.45 bits per heavy atom. The van der Waals surface area contributed by atoms with Crippen molar-refractivity contribution in [3.63, 3.8) is 0 Å². The molecular weight excluding hydrogens is 434 g/mol. The van der Waals surface area contributed by atoms with Crippen molar-refractivity contribution in [2.75, 3.05) is 13.7 Å². The van der Waals surface area contributed by atoms with Crippen LogP contribution in [0, 0.1) is 11.5 Å². The van der Waals surface area contributed by atoms with Crippen molar-refractivity contribution in [1.29, 1.82) is 5.26 Å². The summed E-state index contributed by atoms with van der Waals surface area (Å²) in [5.41, 5.74) is 1.27. The van der Waals surface area contributed by atoms with Crippen LogP contribution in [0.3, 0.4) is 0 Å². The molecule has 7 nitrogen and oxygen atoms in total. The molecule has 0 amide bonds. The number of benzene rings is 1. The Labute approximate surface area is 191 Å². The molecule has 0 N–H and O–H groups in total. The molecule has 1 saturated heterocycles. The highest BCUT2D eigenvalue weighted by atomic mass is 35.5. The molecule has 3 rings (SSSR count). The van der Waals surface area contributed by atoms with Crippen LogP contribution in [0.2, 0.25) is 5.02 Å². The van der Waals surface area contributed by atoms with Crippen LogP contribution in [0.25, 0.3) is 0 Å². The SMILES string of the molecule is CO/N=C\c1ccc(Cl)cc1C(/N=c1\sc(C(C)(C)C)cn1C[C@H]1CCCO1)=N\C#N. The van der Waals surface area contributed by atoms with E-state index in [1.54, 1.807) is 35.8 Å². The van der Waals surface area contributed by atoms with Gasteiger partial charge in [-0.2, -0.15) is 15.2 Å². The van der Waals surface area contributed by atoms with Crippen LogP contribution in [0.4, 0.5) is 0 Å². The normalized spacial score (nSPS) is 18.0. The van der Waals surface area contributed by atoms with E-state index in [4.69, 9.17) is 26.2 Å². The first-order valence-electron chi connectivity index (χ1n) is 10.0. The molecule has 31 heavy (non-hydrogen) atoms. The molecule has 1 aromatic carbocycles. The number of hydrogen-bond acceptors (Lipinski definition) is 6. The number of halogens is 1. The van der Waals surface area contributed by atoms with E-state index in [0.717, 1.165) is 24.2 Å². The summed E-state index contributed by atoms with van der Waals surface area (Å²) in [5.74, 6) is 0.269. The van der Waals surface area contributed by atoms with Crippen molar-refractivity contribution in [3.05, 3.63) is 50.2 Å². The van der Waals surface area contributed by atoms with Gasteiger partial charge in [-0.25, -0.2) is 0 Å². The standard InChI is InChI=1S/C22H26ClN5O2S/c1-22(2,3)19-13-28(12-17-6-5-9-30-17)21(31-19)27-20(25-14-24)18-10-16(23)8-7-15(18)11-26-29-4/h7-8,10-11,13,17H,5-6,9,12H2,1-4H3/b25-20+,26-11-,27-21-/t17-/m1/s1. The van der Waals surface area contributed by atoms with Crippen LogP contribution in [-0.2, 0) is 21.5 Å². The fourth-order valence-corrected chi connectivity index (χ4v) is 4.41. The van der Waals surface area contributed by atoms with Gasteiger partial charge in [0.05, 0.1) is 18.9 Å². The highest BCUT2D eigenvalue weighted by molar-refractivity contribution is 7.09. The third kappa shape index (κ3) is 6.03. The fraction of sp³-hybridized carbons (Fsp3) is 0.455. The van der Waals surface area contributed by atoms with E-state index < -0.39 is 0 Å². The van der Waals surface area contributed by atoms with Crippen LogP contribution in [-0.4, -0.2) is 36.4 Å². The molecule has 1 atom stereocenters. The van der Waals surface area contributed by atoms with E-state index in [2.05, 4.69) is 41.7 Å². The third-order valence-corrected chi connectivity index (χ3v) is 6.48. The molecule has 2 aromatic rings. The van der Waals surface area contributed by atoms with Crippen molar-refractivity contribution in [2.45, 2.75) is 51.7 Å². The smallest absolute Gasteiger partial charge is 0.207 e. The first-order valence-corrected chi connectivity index (χ1v) is 11.2. The lowest BCUT2D eigenvalue weighted by atomic mass is 9.95. The number of nitriles is 1. The van der Waals surface area contributed by atoms with Gasteiger partial charge < -0.3 is 14.1 Å². The van der Waals surface area contributed by atoms with Crippen molar-refractivity contribution < 1.29 is 9.57 Å². The largest absolute Gasteiger partial charge is 0.399 e. The number of rotatable bonds is 5. The van der Waals surface area contributed by atoms with Gasteiger partial charge >= 0.3 is 0 Å². The van der Waals surface area contributed by atoms with E-state index in [9.17, 15) is 5.26 Å². The van der Waals surface area contributed by atoms with Gasteiger partial charge in [-0.3, -0.25) is 0 Å². The summed E-state index contributed by atoms with van der Waals surface area (Å²) in [5, 5.41) is 13.7. The van der Waals surface area contributed by atoms with Gasteiger partial charge in [0.1, 0.15) is 7.11 Å². The Hall–Kier alpha value is -2.47. The topological polar surface area (TPSA) is 84.3 Å². The van der Waals surface area contributed by atoms with Crippen molar-refractivity contribution in [1.82, 2.24) is 4.57 Å². The van der Waals surface area contributed by atoms with Gasteiger partial charge in [-0.15, -0.1) is 11.3 Å². The number of ether oxygens (including phenoxy) is 1. The van der Waals surface area contributed by atoms with Crippen LogP contribution in [0.1, 0.15) is 49.6 Å². The van der Waals surface area contributed by atoms with Crippen LogP contribution < -0.4 is 4.80 Å². The molecule has 9 heteroatoms. The van der Waals surface area contributed by atoms with E-state index >= 15 is 0 Å². The van der Waals surface area contributed by atoms with Crippen molar-refractivity contribution in [2.24, 2.45) is 15.1 Å². The first kappa shape index (κ1) is 23.2. The van der Waals surface area contributed by atoms with E-state index in [0.29, 0.717) is 22.7 Å². The first-order chi connectivity index (χ1) is 14.8. The van der Waals surface area contributed by atoms with E-state index in [1.807, 2.05) is 6.19 Å². The second-order valence-electron chi connectivity index (χ2n) is 8.21. The van der Waals surface area contributed by atoms with Gasteiger partial charge in [0.25, 0.3) is 0 Å². The zero-order valence-electron chi connectivity index (χ0n) is 18.1. The Kier molecular flexibility index (Phi) is 7.65. The van der Waals surface area contributed by atoms with Gasteiger partial charge in [0.2, 0.25) is 6.19 Å². The summed E-state index contributed by atoms with van der Waals surface area (Å²) in [4.78, 5) is 15.5. The maximum atomic E-state index is 9.33. The maximum Gasteiger partial charge on any atom is 0.207 e. The Balaban J connectivity index is 2.14. The summed E-state index contributed by atoms with van der Waals surface area (Å²) in [7, 11) is 1.47. The molecule has 0 aliphatic carbocycles. The summed E-state index contributed by atoms with van der Waals surface area (Å²) < 4.78 is 7.93. The van der Waals surface area contributed by atoms with Crippen molar-refractivity contribution >= 4 is 35.0 Å². The molecule has 0 unspecified atom stereocenters. The predicted molar refractivity (Wildman–Crippen MR) is 124 cm³/mol. The third-order valence-electron chi connectivity index (χ3n) is 4.79. The Morgan fingerprint density at radius 2 is 2.26 bits per heavy atom. The van der Waals surface area contributed by atoms with Gasteiger partial charge in [-0.1, -0.05) is 43.6 Å². The molecule has 0 bridgehead atoms. The summed E-state index contributed by atoms with van der Waals surface area (Å²) in [6, 6.07) is 5.26. The number of thiazole rings is 1. The Bertz CT molecular complexity index is 1080. The highest BCUT2D eigenvalue weighted by Crippen LogP contribution is 2.25. The number of aromatic nitrogens is 1. The lowest BCUT2D eigenvalue weighted by Crippen LogP contribution is -2.24. The maximum absolute atomic E-state index is 9.33. The molecule has 1 aliphatic rings. The zero-order valence-corrected chi connectivity index (χ0v) is 19.7. The minimum absolute atomic E-state index is 0.0322. The van der Waals surface area contributed by atoms with Crippen LogP contribution >= 0.6 is 22.9 Å². The van der Waals surface area contributed by atoms with E-state index in [-0.39, 0.29) is 17.4 Å². The van der Waals surface area contributed by atoms with Gasteiger partial charge in [0, 0.05) is 33.8 Å². The summed E-state index contributed by atoms with van der Waals surface area (Å²) >= 11 is 7.82. The van der Waals surface area contributed by atoms with Gasteiger partial charge in [0.15, 0.2) is 10.6 Å². The molecule has 0 spiro atoms. The number of nitrogens with zero attached hydrogens (tertiary/aromatic N) is 5. The molecule has 1 fully saturated rings. The molecule has 0 saturated carbocycles. The molecular formula is C22H26ClN5O2S. The van der Waals surface area contributed by atoms with Crippen molar-refractivity contribution in [3.8, 4) is 6.19 Å². The molecule has 0 radical (unpaired) electrons. The van der Waals surface area contributed by atoms with E-state index in [1.165, 1.54) is 12.0 Å². The fourth-order valence-electron chi connectivity index (χ4n) is 3.18. The highest BCUT2D eigenvalue weighted by Gasteiger charge is 2.21. The summed E-state index contributed by atoms with van der Waals surface area (Å²) in [6.45, 7) is 8.00. The second kappa shape index (κ2) is 10.2. The lowest BCUT2D eigenvalue weighted by molar-refractivity contribution is 0.0963. The molecule has 1 aliphatic heterocycles. The number of amidine groups is 1. The zero-order chi connectivity index (χ0) is 22.4. The minimum atomic E-state index is -0.0322. The molecule has 1 aromatic heterocycles. The monoisotopic (exact) mass is 459 g/mol. The Morgan fingerprint density at radius 3 is 2.90 bits per heavy atom. The lowest BCUT2D eigenvalue weighted by Gasteiger charge is -2.15. The summed E-state index contributed by atoms with van der Waals surface area (Å²) in [6.07, 6.45) is 7.79. The number of oxime groups is 1. The van der Waals surface area contributed by atoms with Crippen LogP contribution in [0.15, 0.2) is 39.5 Å². The van der Waals surface area contributed by atoms with Gasteiger partial charge in [-0.05, 0) is 30.4 Å². The minimum Gasteiger partial charge on any atom is -0.399 e. The second-order valence-corrected chi connectivity index (χ2v) is 9.66. The number of hydrogen-bond donors (Lipinski definition) is 0. The quantitative estimate of drug-likeness (QED) is 0.286. The van der Waals surface area contributed by atoms with Crippen LogP contribution in [0.5, 0.6) is 0 Å². The molecule has 2 heterocycles. The molecule has 164 valence electrons. The average molecular weight is 460 g/mol. The predicted octanol–water partition coefficient (Wildman–Crippen LogP) is 4.49. The average Bonchev–Trinajstić information content (AvgIpc) is 3.37. The number of aliphatic imine (C=N–C) groups is 1.